The smallest absolute Gasteiger partial charge is 0.159 e. The van der Waals surface area contributed by atoms with Gasteiger partial charge in [-0.15, -0.1) is 0 Å². The number of fused-ring (bicyclic) bond motifs is 1. The molecule has 0 bridgehead atoms. The summed E-state index contributed by atoms with van der Waals surface area (Å²) in [5, 5.41) is 1.73. The lowest BCUT2D eigenvalue weighted by molar-refractivity contribution is 0.101. The molecule has 0 saturated carbocycles. The Morgan fingerprint density at radius 3 is 2.43 bits per heavy atom. The molecular weight excluding hydrogens is 370 g/mol. The molecule has 0 radical (unpaired) electrons. The van der Waals surface area contributed by atoms with Crippen molar-refractivity contribution in [2.45, 2.75) is 20.4 Å². The molecule has 5 heteroatoms. The van der Waals surface area contributed by atoms with Crippen molar-refractivity contribution >= 4 is 34.0 Å². The Hall–Kier alpha value is -2.43. The van der Waals surface area contributed by atoms with Crippen LogP contribution in [-0.2, 0) is 6.54 Å². The van der Waals surface area contributed by atoms with E-state index < -0.39 is 0 Å². The summed E-state index contributed by atoms with van der Waals surface area (Å²) in [5.74, 6) is 0.104. The first-order chi connectivity index (χ1) is 13.5. The number of benzene rings is 2. The lowest BCUT2D eigenvalue weighted by Crippen LogP contribution is -2.46. The van der Waals surface area contributed by atoms with Crippen LogP contribution in [0.15, 0.2) is 48.5 Å². The second kappa shape index (κ2) is 7.90. The van der Waals surface area contributed by atoms with E-state index in [4.69, 9.17) is 11.6 Å². The predicted octanol–water partition coefficient (Wildman–Crippen LogP) is 4.72. The Kier molecular flexibility index (Phi) is 5.33. The molecular formula is C23H24ClN3O. The third kappa shape index (κ3) is 4.03. The number of carbonyl (C=O) groups excluding carboxylic acids is 1. The van der Waals surface area contributed by atoms with E-state index >= 15 is 0 Å². The number of carbonyl (C=O) groups is 1. The average Bonchev–Trinajstić information content (AvgIpc) is 2.69. The van der Waals surface area contributed by atoms with Crippen molar-refractivity contribution in [3.63, 3.8) is 0 Å². The minimum absolute atomic E-state index is 0.104. The number of pyridine rings is 1. The lowest BCUT2D eigenvalue weighted by atomic mass is 10.1. The van der Waals surface area contributed by atoms with E-state index in [0.29, 0.717) is 5.15 Å². The maximum Gasteiger partial charge on any atom is 0.159 e. The highest BCUT2D eigenvalue weighted by Gasteiger charge is 2.19. The van der Waals surface area contributed by atoms with Crippen LogP contribution >= 0.6 is 11.6 Å². The monoisotopic (exact) mass is 393 g/mol. The van der Waals surface area contributed by atoms with Crippen LogP contribution in [0.3, 0.4) is 0 Å². The van der Waals surface area contributed by atoms with E-state index in [9.17, 15) is 4.79 Å². The number of anilines is 1. The van der Waals surface area contributed by atoms with E-state index in [0.717, 1.165) is 54.8 Å². The van der Waals surface area contributed by atoms with Gasteiger partial charge in [-0.05, 0) is 55.8 Å². The van der Waals surface area contributed by atoms with Gasteiger partial charge in [0, 0.05) is 54.9 Å². The van der Waals surface area contributed by atoms with Crippen molar-refractivity contribution in [2.24, 2.45) is 0 Å². The number of piperazine rings is 1. The maximum absolute atomic E-state index is 11.4. The molecule has 1 aromatic heterocycles. The third-order valence-corrected chi connectivity index (χ3v) is 5.73. The fourth-order valence-corrected chi connectivity index (χ4v) is 3.93. The second-order valence-corrected chi connectivity index (χ2v) is 7.86. The standard InChI is InChI=1S/C23H24ClN3O/c1-16-3-4-19-14-20(23(24)25-22(19)13-16)15-26-9-11-27(12-10-26)21-7-5-18(6-8-21)17(2)28/h3-8,13-14H,9-12,15H2,1-2H3. The van der Waals surface area contributed by atoms with Crippen LogP contribution in [0.5, 0.6) is 0 Å². The summed E-state index contributed by atoms with van der Waals surface area (Å²) in [7, 11) is 0. The number of hydrogen-bond donors (Lipinski definition) is 0. The SMILES string of the molecule is CC(=O)c1ccc(N2CCN(Cc3cc4ccc(C)cc4nc3Cl)CC2)cc1. The first-order valence-electron chi connectivity index (χ1n) is 9.64. The van der Waals surface area contributed by atoms with Gasteiger partial charge in [0.25, 0.3) is 0 Å². The van der Waals surface area contributed by atoms with Crippen molar-refractivity contribution in [3.8, 4) is 0 Å². The van der Waals surface area contributed by atoms with E-state index in [-0.39, 0.29) is 5.78 Å². The van der Waals surface area contributed by atoms with Crippen molar-refractivity contribution < 1.29 is 4.79 Å². The molecule has 3 aromatic rings. The van der Waals surface area contributed by atoms with Crippen molar-refractivity contribution in [3.05, 3.63) is 70.4 Å². The quantitative estimate of drug-likeness (QED) is 0.474. The summed E-state index contributed by atoms with van der Waals surface area (Å²) in [6.45, 7) is 8.33. The number of Topliss-reactive ketones (excluding diaryl/α,β-unsaturated/α-hetero) is 1. The molecule has 4 rings (SSSR count). The van der Waals surface area contributed by atoms with Gasteiger partial charge in [-0.1, -0.05) is 23.7 Å². The highest BCUT2D eigenvalue weighted by molar-refractivity contribution is 6.30. The Balaban J connectivity index is 1.41. The van der Waals surface area contributed by atoms with Crippen molar-refractivity contribution in [1.82, 2.24) is 9.88 Å². The zero-order valence-electron chi connectivity index (χ0n) is 16.3. The van der Waals surface area contributed by atoms with E-state index in [1.54, 1.807) is 6.92 Å². The van der Waals surface area contributed by atoms with Gasteiger partial charge in [-0.3, -0.25) is 9.69 Å². The molecule has 0 N–H and O–H groups in total. The number of nitrogens with zero attached hydrogens (tertiary/aromatic N) is 3. The Morgan fingerprint density at radius 2 is 1.75 bits per heavy atom. The van der Waals surface area contributed by atoms with Crippen LogP contribution in [0.25, 0.3) is 10.9 Å². The fraction of sp³-hybridized carbons (Fsp3) is 0.304. The molecule has 1 aliphatic rings. The molecule has 1 aliphatic heterocycles. The first-order valence-corrected chi connectivity index (χ1v) is 10.0. The minimum Gasteiger partial charge on any atom is -0.369 e. The summed E-state index contributed by atoms with van der Waals surface area (Å²) in [4.78, 5) is 20.8. The number of ketones is 1. The van der Waals surface area contributed by atoms with Gasteiger partial charge in [0.2, 0.25) is 0 Å². The van der Waals surface area contributed by atoms with Crippen molar-refractivity contribution in [1.29, 1.82) is 0 Å². The molecule has 0 unspecified atom stereocenters. The van der Waals surface area contributed by atoms with Gasteiger partial charge in [-0.2, -0.15) is 0 Å². The zero-order chi connectivity index (χ0) is 19.7. The van der Waals surface area contributed by atoms with E-state index in [1.165, 1.54) is 11.3 Å². The van der Waals surface area contributed by atoms with Crippen LogP contribution < -0.4 is 4.90 Å². The molecule has 4 nitrogen and oxygen atoms in total. The van der Waals surface area contributed by atoms with Crippen LogP contribution in [0.4, 0.5) is 5.69 Å². The van der Waals surface area contributed by atoms with Crippen molar-refractivity contribution in [2.75, 3.05) is 31.1 Å². The fourth-order valence-electron chi connectivity index (χ4n) is 3.72. The minimum atomic E-state index is 0.104. The van der Waals surface area contributed by atoms with Gasteiger partial charge in [0.1, 0.15) is 5.15 Å². The van der Waals surface area contributed by atoms with Gasteiger partial charge in [0.05, 0.1) is 5.52 Å². The molecule has 2 heterocycles. The molecule has 0 amide bonds. The number of hydrogen-bond acceptors (Lipinski definition) is 4. The first kappa shape index (κ1) is 18.9. The molecule has 0 aliphatic carbocycles. The van der Waals surface area contributed by atoms with E-state index in [2.05, 4.69) is 46.0 Å². The lowest BCUT2D eigenvalue weighted by Gasteiger charge is -2.36. The van der Waals surface area contributed by atoms with Gasteiger partial charge < -0.3 is 4.90 Å². The summed E-state index contributed by atoms with van der Waals surface area (Å²) < 4.78 is 0. The number of aryl methyl sites for hydroxylation is 1. The third-order valence-electron chi connectivity index (χ3n) is 5.40. The average molecular weight is 394 g/mol. The summed E-state index contributed by atoms with van der Waals surface area (Å²) in [6, 6.07) is 16.4. The molecule has 2 aromatic carbocycles. The van der Waals surface area contributed by atoms with Crippen LogP contribution in [0, 0.1) is 6.92 Å². The summed E-state index contributed by atoms with van der Waals surface area (Å²) >= 11 is 6.46. The van der Waals surface area contributed by atoms with Gasteiger partial charge in [0.15, 0.2) is 5.78 Å². The Morgan fingerprint density at radius 1 is 1.04 bits per heavy atom. The summed E-state index contributed by atoms with van der Waals surface area (Å²) in [6.07, 6.45) is 0. The highest BCUT2D eigenvalue weighted by atomic mass is 35.5. The molecule has 1 saturated heterocycles. The maximum atomic E-state index is 11.4. The molecule has 0 spiro atoms. The largest absolute Gasteiger partial charge is 0.369 e. The van der Waals surface area contributed by atoms with Crippen LogP contribution in [0.1, 0.15) is 28.4 Å². The predicted molar refractivity (Wildman–Crippen MR) is 115 cm³/mol. The zero-order valence-corrected chi connectivity index (χ0v) is 17.0. The topological polar surface area (TPSA) is 36.4 Å². The Bertz CT molecular complexity index is 1010. The van der Waals surface area contributed by atoms with E-state index in [1.807, 2.05) is 24.3 Å². The normalized spacial score (nSPS) is 15.2. The number of aromatic nitrogens is 1. The summed E-state index contributed by atoms with van der Waals surface area (Å²) in [5.41, 5.74) is 5.16. The number of halogens is 1. The molecule has 28 heavy (non-hydrogen) atoms. The van der Waals surface area contributed by atoms with Gasteiger partial charge in [-0.25, -0.2) is 4.98 Å². The second-order valence-electron chi connectivity index (χ2n) is 7.50. The molecule has 0 atom stereocenters. The molecule has 1 fully saturated rings. The van der Waals surface area contributed by atoms with Crippen LogP contribution in [0.2, 0.25) is 5.15 Å². The van der Waals surface area contributed by atoms with Crippen LogP contribution in [-0.4, -0.2) is 41.8 Å². The highest BCUT2D eigenvalue weighted by Crippen LogP contribution is 2.24. The number of rotatable bonds is 4. The van der Waals surface area contributed by atoms with Gasteiger partial charge >= 0.3 is 0 Å². The Labute approximate surface area is 170 Å². The molecule has 144 valence electrons.